The van der Waals surface area contributed by atoms with Gasteiger partial charge in [0.2, 0.25) is 0 Å². The Bertz CT molecular complexity index is 491. The number of rotatable bonds is 2. The predicted molar refractivity (Wildman–Crippen MR) is 82.8 cm³/mol. The van der Waals surface area contributed by atoms with Crippen LogP contribution >= 0.6 is 27.5 Å². The van der Waals surface area contributed by atoms with E-state index in [0.717, 1.165) is 21.8 Å². The molecular weight excluding hydrogens is 326 g/mol. The zero-order valence-corrected chi connectivity index (χ0v) is 13.6. The molecule has 0 radical (unpaired) electrons. The van der Waals surface area contributed by atoms with E-state index in [-0.39, 0.29) is 5.41 Å². The van der Waals surface area contributed by atoms with Crippen LogP contribution < -0.4 is 5.32 Å². The van der Waals surface area contributed by atoms with Crippen molar-refractivity contribution in [2.75, 3.05) is 11.9 Å². The van der Waals surface area contributed by atoms with Crippen LogP contribution in [0.1, 0.15) is 26.7 Å². The average Bonchev–Trinajstić information content (AvgIpc) is 2.37. The summed E-state index contributed by atoms with van der Waals surface area (Å²) in [7, 11) is 0. The lowest BCUT2D eigenvalue weighted by molar-refractivity contribution is -0.177. The minimum atomic E-state index is 0.185. The van der Waals surface area contributed by atoms with E-state index in [1.807, 2.05) is 18.2 Å². The molecule has 104 valence electrons. The summed E-state index contributed by atoms with van der Waals surface area (Å²) in [5.41, 5.74) is 1.30. The van der Waals surface area contributed by atoms with Crippen LogP contribution in [-0.4, -0.2) is 18.8 Å². The normalized spacial score (nSPS) is 32.3. The van der Waals surface area contributed by atoms with E-state index in [2.05, 4.69) is 35.1 Å². The van der Waals surface area contributed by atoms with Crippen molar-refractivity contribution in [3.8, 4) is 0 Å². The van der Waals surface area contributed by atoms with Gasteiger partial charge in [-0.15, -0.1) is 0 Å². The minimum Gasteiger partial charge on any atom is -0.380 e. The van der Waals surface area contributed by atoms with Gasteiger partial charge in [0.15, 0.2) is 0 Å². The third kappa shape index (κ3) is 2.30. The van der Waals surface area contributed by atoms with Gasteiger partial charge in [0.25, 0.3) is 0 Å². The van der Waals surface area contributed by atoms with Crippen molar-refractivity contribution < 1.29 is 4.74 Å². The first-order valence-corrected chi connectivity index (χ1v) is 8.00. The number of hydrogen-bond acceptors (Lipinski definition) is 2. The topological polar surface area (TPSA) is 21.3 Å². The predicted octanol–water partition coefficient (Wildman–Crippen LogP) is 4.72. The van der Waals surface area contributed by atoms with Crippen LogP contribution in [0.3, 0.4) is 0 Å². The van der Waals surface area contributed by atoms with Crippen molar-refractivity contribution >= 4 is 33.2 Å². The quantitative estimate of drug-likeness (QED) is 0.838. The van der Waals surface area contributed by atoms with Gasteiger partial charge in [0.05, 0.1) is 6.10 Å². The molecule has 0 bridgehead atoms. The summed E-state index contributed by atoms with van der Waals surface area (Å²) < 4.78 is 6.96. The number of ether oxygens (including phenoxy) is 1. The maximum absolute atomic E-state index is 5.99. The van der Waals surface area contributed by atoms with Crippen LogP contribution in [-0.2, 0) is 4.74 Å². The fourth-order valence-electron chi connectivity index (χ4n) is 3.59. The summed E-state index contributed by atoms with van der Waals surface area (Å²) >= 11 is 9.57. The summed E-state index contributed by atoms with van der Waals surface area (Å²) in [6.07, 6.45) is 2.85. The van der Waals surface area contributed by atoms with Gasteiger partial charge in [-0.2, -0.15) is 0 Å². The fraction of sp³-hybridized carbons (Fsp3) is 0.600. The highest BCUT2D eigenvalue weighted by molar-refractivity contribution is 9.10. The lowest BCUT2D eigenvalue weighted by atomic mass is 9.55. The molecule has 1 N–H and O–H groups in total. The van der Waals surface area contributed by atoms with E-state index in [1.165, 1.54) is 12.8 Å². The summed E-state index contributed by atoms with van der Waals surface area (Å²) in [5.74, 6) is 0.631. The highest BCUT2D eigenvalue weighted by atomic mass is 79.9. The Balaban J connectivity index is 1.79. The van der Waals surface area contributed by atoms with Crippen LogP contribution in [0.15, 0.2) is 22.7 Å². The second-order valence-electron chi connectivity index (χ2n) is 6.17. The maximum Gasteiger partial charge on any atom is 0.0693 e. The molecular formula is C15H19BrClNO. The van der Waals surface area contributed by atoms with Crippen LogP contribution in [0.2, 0.25) is 5.02 Å². The van der Waals surface area contributed by atoms with E-state index in [0.29, 0.717) is 18.1 Å². The van der Waals surface area contributed by atoms with Gasteiger partial charge in [0.1, 0.15) is 0 Å². The molecule has 2 nitrogen and oxygen atoms in total. The molecule has 1 aliphatic carbocycles. The van der Waals surface area contributed by atoms with E-state index in [1.54, 1.807) is 0 Å². The van der Waals surface area contributed by atoms with Gasteiger partial charge in [-0.3, -0.25) is 0 Å². The standard InChI is InChI=1S/C15H19BrClNO/c1-15(2)13(10-4-3-7-19-14(10)15)18-12-6-5-9(17)8-11(12)16/h5-6,8,10,13-14,18H,3-4,7H2,1-2H3. The smallest absolute Gasteiger partial charge is 0.0693 e. The SMILES string of the molecule is CC1(C)C(Nc2ccc(Cl)cc2Br)C2CCCOC21. The summed E-state index contributed by atoms with van der Waals surface area (Å²) in [4.78, 5) is 0. The Hall–Kier alpha value is -0.250. The largest absolute Gasteiger partial charge is 0.380 e. The lowest BCUT2D eigenvalue weighted by Gasteiger charge is -2.60. The number of halogens is 2. The van der Waals surface area contributed by atoms with Crippen LogP contribution in [0.4, 0.5) is 5.69 Å². The molecule has 0 aromatic heterocycles. The molecule has 1 aromatic carbocycles. The highest BCUT2D eigenvalue weighted by Crippen LogP contribution is 2.52. The molecule has 1 saturated carbocycles. The molecule has 19 heavy (non-hydrogen) atoms. The third-order valence-electron chi connectivity index (χ3n) is 4.57. The van der Waals surface area contributed by atoms with Crippen LogP contribution in [0, 0.1) is 11.3 Å². The van der Waals surface area contributed by atoms with Crippen molar-refractivity contribution in [1.82, 2.24) is 0 Å². The molecule has 1 aliphatic heterocycles. The molecule has 1 aromatic rings. The first-order chi connectivity index (χ1) is 9.00. The second kappa shape index (κ2) is 4.94. The van der Waals surface area contributed by atoms with Crippen molar-refractivity contribution in [2.45, 2.75) is 38.8 Å². The Labute approximate surface area is 128 Å². The van der Waals surface area contributed by atoms with Crippen molar-refractivity contribution in [2.24, 2.45) is 11.3 Å². The molecule has 3 unspecified atom stereocenters. The molecule has 2 fully saturated rings. The van der Waals surface area contributed by atoms with Gasteiger partial charge in [-0.05, 0) is 47.0 Å². The molecule has 2 aliphatic rings. The van der Waals surface area contributed by atoms with Crippen LogP contribution in [0.5, 0.6) is 0 Å². The average molecular weight is 345 g/mol. The number of fused-ring (bicyclic) bond motifs is 1. The second-order valence-corrected chi connectivity index (χ2v) is 7.46. The Morgan fingerprint density at radius 1 is 1.42 bits per heavy atom. The van der Waals surface area contributed by atoms with E-state index in [4.69, 9.17) is 16.3 Å². The van der Waals surface area contributed by atoms with Crippen molar-refractivity contribution in [1.29, 1.82) is 0 Å². The molecule has 1 heterocycles. The van der Waals surface area contributed by atoms with Gasteiger partial charge < -0.3 is 10.1 Å². The zero-order valence-electron chi connectivity index (χ0n) is 11.2. The van der Waals surface area contributed by atoms with E-state index >= 15 is 0 Å². The first kappa shape index (κ1) is 13.7. The van der Waals surface area contributed by atoms with Crippen molar-refractivity contribution in [3.63, 3.8) is 0 Å². The number of hydrogen-bond donors (Lipinski definition) is 1. The number of nitrogens with one attached hydrogen (secondary N) is 1. The fourth-order valence-corrected chi connectivity index (χ4v) is 4.39. The molecule has 1 saturated heterocycles. The molecule has 0 amide bonds. The third-order valence-corrected chi connectivity index (χ3v) is 5.46. The zero-order chi connectivity index (χ0) is 13.6. The first-order valence-electron chi connectivity index (χ1n) is 6.83. The lowest BCUT2D eigenvalue weighted by Crippen LogP contribution is -2.67. The maximum atomic E-state index is 5.99. The summed E-state index contributed by atoms with van der Waals surface area (Å²) in [6, 6.07) is 6.37. The number of benzene rings is 1. The summed E-state index contributed by atoms with van der Waals surface area (Å²) in [6.45, 7) is 5.50. The Morgan fingerprint density at radius 2 is 2.21 bits per heavy atom. The minimum absolute atomic E-state index is 0.185. The Morgan fingerprint density at radius 3 is 2.95 bits per heavy atom. The van der Waals surface area contributed by atoms with Gasteiger partial charge >= 0.3 is 0 Å². The monoisotopic (exact) mass is 343 g/mol. The molecule has 3 atom stereocenters. The Kier molecular flexibility index (Phi) is 3.57. The van der Waals surface area contributed by atoms with Gasteiger partial charge in [-0.25, -0.2) is 0 Å². The molecule has 3 rings (SSSR count). The highest BCUT2D eigenvalue weighted by Gasteiger charge is 2.57. The van der Waals surface area contributed by atoms with E-state index in [9.17, 15) is 0 Å². The van der Waals surface area contributed by atoms with Crippen molar-refractivity contribution in [3.05, 3.63) is 27.7 Å². The van der Waals surface area contributed by atoms with Gasteiger partial charge in [0, 0.05) is 39.2 Å². The molecule has 4 heteroatoms. The van der Waals surface area contributed by atoms with Gasteiger partial charge in [-0.1, -0.05) is 25.4 Å². The number of anilines is 1. The van der Waals surface area contributed by atoms with E-state index < -0.39 is 0 Å². The van der Waals surface area contributed by atoms with Crippen LogP contribution in [0.25, 0.3) is 0 Å². The summed E-state index contributed by atoms with van der Waals surface area (Å²) in [5, 5.41) is 4.43. The molecule has 0 spiro atoms.